The summed E-state index contributed by atoms with van der Waals surface area (Å²) in [5, 5.41) is 0. The Hall–Kier alpha value is -0.580. The highest BCUT2D eigenvalue weighted by atomic mass is 79.9. The Balaban J connectivity index is 2.00. The van der Waals surface area contributed by atoms with Crippen molar-refractivity contribution in [1.29, 1.82) is 0 Å². The van der Waals surface area contributed by atoms with E-state index in [0.717, 1.165) is 36.3 Å². The van der Waals surface area contributed by atoms with Gasteiger partial charge in [0.2, 0.25) is 0 Å². The van der Waals surface area contributed by atoms with Crippen LogP contribution in [0.5, 0.6) is 5.75 Å². The maximum atomic E-state index is 6.21. The zero-order valence-corrected chi connectivity index (χ0v) is 11.6. The third-order valence-corrected chi connectivity index (χ3v) is 3.88. The minimum absolute atomic E-state index is 0.179. The highest BCUT2D eigenvalue weighted by Gasteiger charge is 2.22. The molecule has 1 aliphatic rings. The summed E-state index contributed by atoms with van der Waals surface area (Å²) in [6.07, 6.45) is 1.97. The van der Waals surface area contributed by atoms with Crippen molar-refractivity contribution in [1.82, 2.24) is 0 Å². The van der Waals surface area contributed by atoms with Gasteiger partial charge in [0.05, 0.1) is 18.2 Å². The smallest absolute Gasteiger partial charge is 0.133 e. The number of hydrogen-bond donors (Lipinski definition) is 1. The van der Waals surface area contributed by atoms with E-state index in [2.05, 4.69) is 28.1 Å². The minimum atomic E-state index is 0.179. The van der Waals surface area contributed by atoms with E-state index in [1.54, 1.807) is 7.11 Å². The number of nitrogens with two attached hydrogens (primary N) is 1. The molecule has 94 valence electrons. The second kappa shape index (κ2) is 5.85. The molecule has 1 aromatic rings. The van der Waals surface area contributed by atoms with Crippen molar-refractivity contribution in [3.8, 4) is 5.75 Å². The number of halogens is 1. The van der Waals surface area contributed by atoms with Crippen molar-refractivity contribution < 1.29 is 9.47 Å². The maximum absolute atomic E-state index is 6.21. The third kappa shape index (κ3) is 3.21. The second-order valence-corrected chi connectivity index (χ2v) is 5.31. The first kappa shape index (κ1) is 12.9. The number of benzene rings is 1. The standard InChI is InChI=1S/C13H18BrNO2/c1-16-13-3-2-9(6-11(13)14)7-12(15)10-4-5-17-8-10/h2-3,6,10,12H,4-5,7-8,15H2,1H3. The minimum Gasteiger partial charge on any atom is -0.496 e. The monoisotopic (exact) mass is 299 g/mol. The van der Waals surface area contributed by atoms with Gasteiger partial charge in [0.15, 0.2) is 0 Å². The Labute approximate surface area is 110 Å². The third-order valence-electron chi connectivity index (χ3n) is 3.26. The van der Waals surface area contributed by atoms with Gasteiger partial charge in [-0.3, -0.25) is 0 Å². The first-order chi connectivity index (χ1) is 8.20. The van der Waals surface area contributed by atoms with Crippen molar-refractivity contribution in [2.75, 3.05) is 20.3 Å². The molecule has 1 fully saturated rings. The van der Waals surface area contributed by atoms with Crippen LogP contribution in [0.15, 0.2) is 22.7 Å². The topological polar surface area (TPSA) is 44.5 Å². The Morgan fingerprint density at radius 3 is 3.00 bits per heavy atom. The summed E-state index contributed by atoms with van der Waals surface area (Å²) in [6.45, 7) is 1.66. The molecule has 0 bridgehead atoms. The van der Waals surface area contributed by atoms with E-state index in [0.29, 0.717) is 5.92 Å². The molecule has 2 N–H and O–H groups in total. The average Bonchev–Trinajstić information content (AvgIpc) is 2.82. The number of rotatable bonds is 4. The van der Waals surface area contributed by atoms with Crippen LogP contribution in [0.25, 0.3) is 0 Å². The van der Waals surface area contributed by atoms with Crippen LogP contribution in [0.3, 0.4) is 0 Å². The largest absolute Gasteiger partial charge is 0.496 e. The van der Waals surface area contributed by atoms with Gasteiger partial charge in [0, 0.05) is 12.6 Å². The molecule has 17 heavy (non-hydrogen) atoms. The summed E-state index contributed by atoms with van der Waals surface area (Å²) in [5.74, 6) is 1.35. The molecule has 3 nitrogen and oxygen atoms in total. The van der Waals surface area contributed by atoms with Gasteiger partial charge >= 0.3 is 0 Å². The fourth-order valence-corrected chi connectivity index (χ4v) is 2.75. The summed E-state index contributed by atoms with van der Waals surface area (Å²) in [6, 6.07) is 6.29. The lowest BCUT2D eigenvalue weighted by Gasteiger charge is -2.18. The van der Waals surface area contributed by atoms with Crippen molar-refractivity contribution in [2.24, 2.45) is 11.7 Å². The van der Waals surface area contributed by atoms with Crippen LogP contribution in [0.2, 0.25) is 0 Å². The molecule has 0 spiro atoms. The summed E-state index contributed by atoms with van der Waals surface area (Å²) in [5.41, 5.74) is 7.44. The molecule has 4 heteroatoms. The van der Waals surface area contributed by atoms with E-state index < -0.39 is 0 Å². The van der Waals surface area contributed by atoms with Gasteiger partial charge < -0.3 is 15.2 Å². The lowest BCUT2D eigenvalue weighted by molar-refractivity contribution is 0.180. The van der Waals surface area contributed by atoms with E-state index in [-0.39, 0.29) is 6.04 Å². The summed E-state index contributed by atoms with van der Waals surface area (Å²) >= 11 is 3.49. The first-order valence-corrected chi connectivity index (χ1v) is 6.65. The SMILES string of the molecule is COc1ccc(CC(N)C2CCOC2)cc1Br. The predicted octanol–water partition coefficient (Wildman–Crippen LogP) is 2.36. The number of hydrogen-bond acceptors (Lipinski definition) is 3. The molecule has 2 unspecified atom stereocenters. The fourth-order valence-electron chi connectivity index (χ4n) is 2.17. The maximum Gasteiger partial charge on any atom is 0.133 e. The van der Waals surface area contributed by atoms with Crippen molar-refractivity contribution in [3.05, 3.63) is 28.2 Å². The van der Waals surface area contributed by atoms with Crippen molar-refractivity contribution in [2.45, 2.75) is 18.9 Å². The Morgan fingerprint density at radius 1 is 1.59 bits per heavy atom. The highest BCUT2D eigenvalue weighted by molar-refractivity contribution is 9.10. The zero-order valence-electron chi connectivity index (χ0n) is 9.99. The molecule has 0 amide bonds. The highest BCUT2D eigenvalue weighted by Crippen LogP contribution is 2.27. The van der Waals surface area contributed by atoms with Crippen LogP contribution >= 0.6 is 15.9 Å². The van der Waals surface area contributed by atoms with E-state index in [1.165, 1.54) is 5.56 Å². The molecule has 1 heterocycles. The van der Waals surface area contributed by atoms with Crippen LogP contribution in [-0.4, -0.2) is 26.4 Å². The average molecular weight is 300 g/mol. The van der Waals surface area contributed by atoms with E-state index >= 15 is 0 Å². The molecule has 2 rings (SSSR count). The summed E-state index contributed by atoms with van der Waals surface area (Å²) in [4.78, 5) is 0. The van der Waals surface area contributed by atoms with Gasteiger partial charge in [0.1, 0.15) is 5.75 Å². The van der Waals surface area contributed by atoms with Gasteiger partial charge in [-0.15, -0.1) is 0 Å². The number of methoxy groups -OCH3 is 1. The van der Waals surface area contributed by atoms with E-state index in [9.17, 15) is 0 Å². The van der Waals surface area contributed by atoms with Gasteiger partial charge in [-0.05, 0) is 52.4 Å². The van der Waals surface area contributed by atoms with Crippen LogP contribution < -0.4 is 10.5 Å². The van der Waals surface area contributed by atoms with Crippen LogP contribution in [-0.2, 0) is 11.2 Å². The van der Waals surface area contributed by atoms with Gasteiger partial charge in [-0.25, -0.2) is 0 Å². The molecule has 0 aliphatic carbocycles. The van der Waals surface area contributed by atoms with Crippen molar-refractivity contribution >= 4 is 15.9 Å². The zero-order chi connectivity index (χ0) is 12.3. The van der Waals surface area contributed by atoms with Gasteiger partial charge in [-0.2, -0.15) is 0 Å². The van der Waals surface area contributed by atoms with Gasteiger partial charge in [-0.1, -0.05) is 6.07 Å². The quantitative estimate of drug-likeness (QED) is 0.928. The van der Waals surface area contributed by atoms with E-state index in [4.69, 9.17) is 15.2 Å². The molecular formula is C13H18BrNO2. The second-order valence-electron chi connectivity index (χ2n) is 4.46. The molecule has 1 saturated heterocycles. The van der Waals surface area contributed by atoms with Crippen LogP contribution in [0.1, 0.15) is 12.0 Å². The molecule has 0 saturated carbocycles. The lowest BCUT2D eigenvalue weighted by atomic mass is 9.94. The van der Waals surface area contributed by atoms with Gasteiger partial charge in [0.25, 0.3) is 0 Å². The Bertz CT molecular complexity index is 378. The molecule has 2 atom stereocenters. The predicted molar refractivity (Wildman–Crippen MR) is 71.3 cm³/mol. The fraction of sp³-hybridized carbons (Fsp3) is 0.538. The number of ether oxygens (including phenoxy) is 2. The summed E-state index contributed by atoms with van der Waals surface area (Å²) in [7, 11) is 1.67. The van der Waals surface area contributed by atoms with Crippen LogP contribution in [0.4, 0.5) is 0 Å². The molecule has 1 aromatic carbocycles. The Morgan fingerprint density at radius 2 is 2.41 bits per heavy atom. The first-order valence-electron chi connectivity index (χ1n) is 5.86. The molecular weight excluding hydrogens is 282 g/mol. The molecule has 0 radical (unpaired) electrons. The summed E-state index contributed by atoms with van der Waals surface area (Å²) < 4.78 is 11.6. The van der Waals surface area contributed by atoms with Crippen LogP contribution in [0, 0.1) is 5.92 Å². The van der Waals surface area contributed by atoms with Crippen molar-refractivity contribution in [3.63, 3.8) is 0 Å². The molecule has 1 aliphatic heterocycles. The molecule has 0 aromatic heterocycles. The lowest BCUT2D eigenvalue weighted by Crippen LogP contribution is -2.32. The normalized spacial score (nSPS) is 21.5. The Kier molecular flexibility index (Phi) is 4.42. The van der Waals surface area contributed by atoms with E-state index in [1.807, 2.05) is 6.07 Å².